The van der Waals surface area contributed by atoms with Crippen molar-refractivity contribution in [2.24, 2.45) is 5.92 Å². The number of thioether (sulfide) groups is 1. The first-order valence-corrected chi connectivity index (χ1v) is 7.83. The van der Waals surface area contributed by atoms with Crippen LogP contribution in [0, 0.1) is 23.4 Å². The zero-order valence-corrected chi connectivity index (χ0v) is 11.7. The molecule has 2 bridgehead atoms. The van der Waals surface area contributed by atoms with Gasteiger partial charge >= 0.3 is 0 Å². The molecular formula is C15H15F3OS. The summed E-state index contributed by atoms with van der Waals surface area (Å²) in [6, 6.07) is 1.29. The van der Waals surface area contributed by atoms with Crippen molar-refractivity contribution in [2.75, 3.05) is 0 Å². The van der Waals surface area contributed by atoms with Crippen molar-refractivity contribution in [3.8, 4) is 0 Å². The first-order chi connectivity index (χ1) is 9.54. The minimum absolute atomic E-state index is 0.303. The van der Waals surface area contributed by atoms with Gasteiger partial charge < -0.3 is 0 Å². The zero-order valence-electron chi connectivity index (χ0n) is 10.9. The van der Waals surface area contributed by atoms with Crippen molar-refractivity contribution >= 4 is 17.5 Å². The molecule has 0 saturated carbocycles. The van der Waals surface area contributed by atoms with Crippen LogP contribution < -0.4 is 0 Å². The Hall–Kier alpha value is -0.970. The van der Waals surface area contributed by atoms with Crippen LogP contribution in [0.2, 0.25) is 0 Å². The predicted molar refractivity (Wildman–Crippen MR) is 72.4 cm³/mol. The molecule has 2 unspecified atom stereocenters. The Morgan fingerprint density at radius 3 is 2.40 bits per heavy atom. The molecule has 2 atom stereocenters. The summed E-state index contributed by atoms with van der Waals surface area (Å²) in [5.41, 5.74) is -0.433. The van der Waals surface area contributed by atoms with Crippen LogP contribution in [-0.4, -0.2) is 16.3 Å². The highest BCUT2D eigenvalue weighted by molar-refractivity contribution is 8.00. The highest BCUT2D eigenvalue weighted by Gasteiger charge is 2.37. The third-order valence-corrected chi connectivity index (χ3v) is 5.79. The lowest BCUT2D eigenvalue weighted by atomic mass is 9.84. The Labute approximate surface area is 119 Å². The molecule has 0 amide bonds. The molecule has 5 heteroatoms. The molecule has 3 rings (SSSR count). The fourth-order valence-electron chi connectivity index (χ4n) is 3.23. The molecule has 1 nitrogen and oxygen atoms in total. The average Bonchev–Trinajstić information content (AvgIpc) is 2.41. The smallest absolute Gasteiger partial charge is 0.169 e. The fraction of sp³-hybridized carbons (Fsp3) is 0.533. The van der Waals surface area contributed by atoms with Gasteiger partial charge in [0, 0.05) is 22.5 Å². The molecule has 108 valence electrons. The third-order valence-electron chi connectivity index (χ3n) is 4.16. The van der Waals surface area contributed by atoms with Crippen LogP contribution in [0.15, 0.2) is 12.1 Å². The quantitative estimate of drug-likeness (QED) is 0.596. The Kier molecular flexibility index (Phi) is 3.80. The second-order valence-corrected chi connectivity index (χ2v) is 7.20. The SMILES string of the molecule is O=C(c1cc(F)cc(F)c1F)C1CC2CCCC(C1)S2. The number of Topliss-reactive ketones (excluding diaryl/α,β-unsaturated/α-hetero) is 1. The zero-order chi connectivity index (χ0) is 14.3. The molecule has 1 aromatic rings. The van der Waals surface area contributed by atoms with Gasteiger partial charge in [0.25, 0.3) is 0 Å². The van der Waals surface area contributed by atoms with E-state index in [1.807, 2.05) is 11.8 Å². The van der Waals surface area contributed by atoms with Gasteiger partial charge in [0.15, 0.2) is 17.4 Å². The van der Waals surface area contributed by atoms with Crippen molar-refractivity contribution in [3.05, 3.63) is 35.1 Å². The molecule has 2 fully saturated rings. The molecule has 0 aliphatic carbocycles. The highest BCUT2D eigenvalue weighted by atomic mass is 32.2. The van der Waals surface area contributed by atoms with Crippen LogP contribution in [0.3, 0.4) is 0 Å². The summed E-state index contributed by atoms with van der Waals surface area (Å²) in [6.07, 6.45) is 4.71. The monoisotopic (exact) mass is 300 g/mol. The summed E-state index contributed by atoms with van der Waals surface area (Å²) < 4.78 is 40.1. The maximum Gasteiger partial charge on any atom is 0.169 e. The number of benzene rings is 1. The standard InChI is InChI=1S/C15H15F3OS/c16-9-6-12(14(18)13(17)7-9)15(19)8-4-10-2-1-3-11(5-8)20-10/h6-8,10-11H,1-5H2. The van der Waals surface area contributed by atoms with E-state index in [9.17, 15) is 18.0 Å². The normalized spacial score (nSPS) is 29.2. The second-order valence-electron chi connectivity index (χ2n) is 5.59. The molecular weight excluding hydrogens is 285 g/mol. The van der Waals surface area contributed by atoms with Crippen molar-refractivity contribution in [2.45, 2.75) is 42.6 Å². The fourth-order valence-corrected chi connectivity index (χ4v) is 5.07. The molecule has 2 heterocycles. The number of hydrogen-bond donors (Lipinski definition) is 0. The van der Waals surface area contributed by atoms with Crippen LogP contribution in [0.4, 0.5) is 13.2 Å². The highest BCUT2D eigenvalue weighted by Crippen LogP contribution is 2.44. The van der Waals surface area contributed by atoms with Crippen LogP contribution in [0.1, 0.15) is 42.5 Å². The second kappa shape index (κ2) is 5.43. The Morgan fingerprint density at radius 2 is 1.75 bits per heavy atom. The molecule has 2 saturated heterocycles. The van der Waals surface area contributed by atoms with Crippen LogP contribution >= 0.6 is 11.8 Å². The van der Waals surface area contributed by atoms with E-state index < -0.39 is 28.8 Å². The first kappa shape index (κ1) is 14.0. The number of halogens is 3. The number of carbonyl (C=O) groups is 1. The molecule has 0 radical (unpaired) electrons. The third kappa shape index (κ3) is 2.60. The molecule has 0 aromatic heterocycles. The lowest BCUT2D eigenvalue weighted by Gasteiger charge is -2.37. The molecule has 1 aromatic carbocycles. The van der Waals surface area contributed by atoms with Crippen molar-refractivity contribution in [1.29, 1.82) is 0 Å². The van der Waals surface area contributed by atoms with Crippen LogP contribution in [0.5, 0.6) is 0 Å². The van der Waals surface area contributed by atoms with E-state index in [-0.39, 0.29) is 5.92 Å². The Morgan fingerprint density at radius 1 is 1.10 bits per heavy atom. The topological polar surface area (TPSA) is 17.1 Å². The number of carbonyl (C=O) groups excluding carboxylic acids is 1. The summed E-state index contributed by atoms with van der Waals surface area (Å²) in [7, 11) is 0. The molecule has 0 N–H and O–H groups in total. The van der Waals surface area contributed by atoms with E-state index in [2.05, 4.69) is 0 Å². The van der Waals surface area contributed by atoms with E-state index in [1.54, 1.807) is 0 Å². The van der Waals surface area contributed by atoms with E-state index in [0.717, 1.165) is 18.9 Å². The lowest BCUT2D eigenvalue weighted by molar-refractivity contribution is 0.0891. The van der Waals surface area contributed by atoms with Gasteiger partial charge in [-0.3, -0.25) is 4.79 Å². The van der Waals surface area contributed by atoms with E-state index in [1.165, 1.54) is 6.42 Å². The molecule has 20 heavy (non-hydrogen) atoms. The minimum atomic E-state index is -1.29. The summed E-state index contributed by atoms with van der Waals surface area (Å²) in [4.78, 5) is 12.4. The van der Waals surface area contributed by atoms with Crippen molar-refractivity contribution in [1.82, 2.24) is 0 Å². The van der Waals surface area contributed by atoms with Gasteiger partial charge in [0.2, 0.25) is 0 Å². The van der Waals surface area contributed by atoms with Gasteiger partial charge in [-0.05, 0) is 31.7 Å². The van der Waals surface area contributed by atoms with E-state index in [0.29, 0.717) is 29.4 Å². The van der Waals surface area contributed by atoms with Gasteiger partial charge in [-0.2, -0.15) is 11.8 Å². The van der Waals surface area contributed by atoms with Crippen molar-refractivity contribution in [3.63, 3.8) is 0 Å². The lowest BCUT2D eigenvalue weighted by Crippen LogP contribution is -2.33. The van der Waals surface area contributed by atoms with Gasteiger partial charge in [0.1, 0.15) is 5.82 Å². The van der Waals surface area contributed by atoms with E-state index >= 15 is 0 Å². The summed E-state index contributed by atoms with van der Waals surface area (Å²) >= 11 is 1.91. The largest absolute Gasteiger partial charge is 0.294 e. The summed E-state index contributed by atoms with van der Waals surface area (Å²) in [6.45, 7) is 0. The average molecular weight is 300 g/mol. The number of rotatable bonds is 2. The molecule has 2 aliphatic heterocycles. The Bertz CT molecular complexity index is 534. The molecule has 0 spiro atoms. The van der Waals surface area contributed by atoms with Crippen molar-refractivity contribution < 1.29 is 18.0 Å². The molecule has 2 aliphatic rings. The van der Waals surface area contributed by atoms with Gasteiger partial charge in [-0.1, -0.05) is 6.42 Å². The maximum absolute atomic E-state index is 13.7. The van der Waals surface area contributed by atoms with Crippen LogP contribution in [0.25, 0.3) is 0 Å². The minimum Gasteiger partial charge on any atom is -0.294 e. The number of ketones is 1. The maximum atomic E-state index is 13.7. The van der Waals surface area contributed by atoms with Gasteiger partial charge in [-0.15, -0.1) is 0 Å². The van der Waals surface area contributed by atoms with Gasteiger partial charge in [-0.25, -0.2) is 13.2 Å². The summed E-state index contributed by atoms with van der Waals surface area (Å²) in [5.74, 6) is -4.17. The van der Waals surface area contributed by atoms with Crippen LogP contribution in [-0.2, 0) is 0 Å². The predicted octanol–water partition coefficient (Wildman–Crippen LogP) is 4.35. The van der Waals surface area contributed by atoms with E-state index in [4.69, 9.17) is 0 Å². The Balaban J connectivity index is 1.86. The number of fused-ring (bicyclic) bond motifs is 2. The van der Waals surface area contributed by atoms with Gasteiger partial charge in [0.05, 0.1) is 5.56 Å². The number of hydrogen-bond acceptors (Lipinski definition) is 2. The first-order valence-electron chi connectivity index (χ1n) is 6.89. The summed E-state index contributed by atoms with van der Waals surface area (Å²) in [5, 5.41) is 0.857.